The van der Waals surface area contributed by atoms with Gasteiger partial charge in [-0.2, -0.15) is 0 Å². The second-order valence-corrected chi connectivity index (χ2v) is 6.58. The summed E-state index contributed by atoms with van der Waals surface area (Å²) in [5, 5.41) is 9.38. The maximum Gasteiger partial charge on any atom is 0.258 e. The molecule has 5 heteroatoms. The number of aryl methyl sites for hydroxylation is 1. The zero-order chi connectivity index (χ0) is 18.0. The minimum absolute atomic E-state index is 0.0438. The molecule has 25 heavy (non-hydrogen) atoms. The van der Waals surface area contributed by atoms with Gasteiger partial charge in [0.05, 0.1) is 5.69 Å². The number of fused-ring (bicyclic) bond motifs is 1. The minimum Gasteiger partial charge on any atom is -0.508 e. The van der Waals surface area contributed by atoms with E-state index in [-0.39, 0.29) is 17.4 Å². The molecule has 1 aromatic carbocycles. The first-order chi connectivity index (χ1) is 11.9. The Labute approximate surface area is 147 Å². The van der Waals surface area contributed by atoms with Crippen LogP contribution in [0, 0.1) is 6.92 Å². The van der Waals surface area contributed by atoms with Gasteiger partial charge in [-0.25, -0.2) is 4.98 Å². The van der Waals surface area contributed by atoms with E-state index in [1.807, 2.05) is 44.3 Å². The van der Waals surface area contributed by atoms with Crippen LogP contribution in [0.4, 0.5) is 0 Å². The van der Waals surface area contributed by atoms with Crippen molar-refractivity contribution in [2.75, 3.05) is 7.05 Å². The molecule has 3 rings (SSSR count). The van der Waals surface area contributed by atoms with E-state index in [4.69, 9.17) is 0 Å². The summed E-state index contributed by atoms with van der Waals surface area (Å²) < 4.78 is 1.63. The standard InChI is InChI=1S/C20H23N3O2/c1-14-5-4-6-19-21-17(12-20(25)23(14)19)13-22(3)15(2)11-16-7-9-18(24)10-8-16/h4-10,12,15,24H,11,13H2,1-3H3. The number of phenolic OH excluding ortho intramolecular Hbond substituents is 1. The van der Waals surface area contributed by atoms with E-state index < -0.39 is 0 Å². The van der Waals surface area contributed by atoms with Gasteiger partial charge in [0.2, 0.25) is 0 Å². The Bertz CT molecular complexity index is 932. The summed E-state index contributed by atoms with van der Waals surface area (Å²) in [6.07, 6.45) is 0.864. The molecule has 0 aliphatic rings. The smallest absolute Gasteiger partial charge is 0.258 e. The van der Waals surface area contributed by atoms with E-state index in [1.54, 1.807) is 22.6 Å². The molecule has 0 saturated heterocycles. The predicted molar refractivity (Wildman–Crippen MR) is 98.9 cm³/mol. The Morgan fingerprint density at radius 3 is 2.64 bits per heavy atom. The van der Waals surface area contributed by atoms with Gasteiger partial charge in [0.25, 0.3) is 5.56 Å². The van der Waals surface area contributed by atoms with E-state index >= 15 is 0 Å². The topological polar surface area (TPSA) is 57.8 Å². The number of rotatable bonds is 5. The predicted octanol–water partition coefficient (Wildman–Crippen LogP) is 2.77. The third-order valence-corrected chi connectivity index (χ3v) is 4.56. The average Bonchev–Trinajstić information content (AvgIpc) is 2.56. The van der Waals surface area contributed by atoms with Crippen molar-refractivity contribution in [3.05, 3.63) is 75.8 Å². The molecule has 3 aromatic rings. The number of hydrogen-bond donors (Lipinski definition) is 1. The van der Waals surface area contributed by atoms with Gasteiger partial charge in [0, 0.05) is 24.3 Å². The van der Waals surface area contributed by atoms with E-state index in [9.17, 15) is 9.90 Å². The number of likely N-dealkylation sites (N-methyl/N-ethyl adjacent to an activating group) is 1. The lowest BCUT2D eigenvalue weighted by Gasteiger charge is -2.24. The normalized spacial score (nSPS) is 12.6. The monoisotopic (exact) mass is 337 g/mol. The van der Waals surface area contributed by atoms with Gasteiger partial charge in [-0.05, 0) is 57.1 Å². The highest BCUT2D eigenvalue weighted by Crippen LogP contribution is 2.14. The van der Waals surface area contributed by atoms with E-state index in [0.717, 1.165) is 17.8 Å². The zero-order valence-corrected chi connectivity index (χ0v) is 14.8. The summed E-state index contributed by atoms with van der Waals surface area (Å²) in [6.45, 7) is 4.66. The van der Waals surface area contributed by atoms with Crippen LogP contribution < -0.4 is 5.56 Å². The van der Waals surface area contributed by atoms with Crippen molar-refractivity contribution in [3.63, 3.8) is 0 Å². The molecular weight excluding hydrogens is 314 g/mol. The lowest BCUT2D eigenvalue weighted by molar-refractivity contribution is 0.245. The van der Waals surface area contributed by atoms with Crippen molar-refractivity contribution in [3.8, 4) is 5.75 Å². The highest BCUT2D eigenvalue weighted by Gasteiger charge is 2.13. The van der Waals surface area contributed by atoms with Crippen LogP contribution in [0.1, 0.15) is 23.9 Å². The van der Waals surface area contributed by atoms with E-state index in [1.165, 1.54) is 5.56 Å². The first-order valence-corrected chi connectivity index (χ1v) is 8.40. The molecule has 0 spiro atoms. The molecule has 0 fully saturated rings. The molecule has 1 N–H and O–H groups in total. The Balaban J connectivity index is 1.76. The summed E-state index contributed by atoms with van der Waals surface area (Å²) in [5.74, 6) is 0.279. The van der Waals surface area contributed by atoms with Gasteiger partial charge < -0.3 is 5.11 Å². The van der Waals surface area contributed by atoms with Crippen LogP contribution in [-0.2, 0) is 13.0 Å². The van der Waals surface area contributed by atoms with E-state index in [0.29, 0.717) is 12.2 Å². The highest BCUT2D eigenvalue weighted by molar-refractivity contribution is 5.40. The molecule has 0 bridgehead atoms. The van der Waals surface area contributed by atoms with Crippen molar-refractivity contribution in [2.45, 2.75) is 32.9 Å². The van der Waals surface area contributed by atoms with Crippen LogP contribution in [0.5, 0.6) is 5.75 Å². The molecule has 0 amide bonds. The van der Waals surface area contributed by atoms with Gasteiger partial charge in [0.15, 0.2) is 0 Å². The zero-order valence-electron chi connectivity index (χ0n) is 14.8. The van der Waals surface area contributed by atoms with E-state index in [2.05, 4.69) is 16.8 Å². The number of nitrogens with zero attached hydrogens (tertiary/aromatic N) is 3. The highest BCUT2D eigenvalue weighted by atomic mass is 16.3. The van der Waals surface area contributed by atoms with Crippen LogP contribution in [0.15, 0.2) is 53.3 Å². The quantitative estimate of drug-likeness (QED) is 0.778. The van der Waals surface area contributed by atoms with Crippen LogP contribution in [0.3, 0.4) is 0 Å². The fraction of sp³-hybridized carbons (Fsp3) is 0.300. The number of phenols is 1. The molecular formula is C20H23N3O2. The van der Waals surface area contributed by atoms with Crippen molar-refractivity contribution in [1.82, 2.24) is 14.3 Å². The second-order valence-electron chi connectivity index (χ2n) is 6.58. The molecule has 1 atom stereocenters. The van der Waals surface area contributed by atoms with Crippen molar-refractivity contribution >= 4 is 5.65 Å². The van der Waals surface area contributed by atoms with Gasteiger partial charge in [0.1, 0.15) is 11.4 Å². The van der Waals surface area contributed by atoms with Crippen LogP contribution in [0.25, 0.3) is 5.65 Å². The third kappa shape index (κ3) is 3.88. The molecule has 1 unspecified atom stereocenters. The fourth-order valence-electron chi connectivity index (χ4n) is 2.99. The maximum atomic E-state index is 12.4. The first-order valence-electron chi connectivity index (χ1n) is 8.40. The maximum absolute atomic E-state index is 12.4. The van der Waals surface area contributed by atoms with Crippen molar-refractivity contribution in [2.24, 2.45) is 0 Å². The summed E-state index contributed by atoms with van der Waals surface area (Å²) in [4.78, 5) is 19.2. The molecule has 0 aliphatic heterocycles. The minimum atomic E-state index is -0.0438. The van der Waals surface area contributed by atoms with Crippen LogP contribution >= 0.6 is 0 Å². The number of benzene rings is 1. The molecule has 2 aromatic heterocycles. The lowest BCUT2D eigenvalue weighted by atomic mass is 10.1. The lowest BCUT2D eigenvalue weighted by Crippen LogP contribution is -2.31. The third-order valence-electron chi connectivity index (χ3n) is 4.56. The Kier molecular flexibility index (Phi) is 4.86. The van der Waals surface area contributed by atoms with Gasteiger partial charge in [-0.15, -0.1) is 0 Å². The van der Waals surface area contributed by atoms with Crippen molar-refractivity contribution in [1.29, 1.82) is 0 Å². The van der Waals surface area contributed by atoms with Crippen molar-refractivity contribution < 1.29 is 5.11 Å². The summed E-state index contributed by atoms with van der Waals surface area (Å²) in [6, 6.07) is 14.8. The molecule has 2 heterocycles. The molecule has 0 aliphatic carbocycles. The molecule has 5 nitrogen and oxygen atoms in total. The Morgan fingerprint density at radius 1 is 1.20 bits per heavy atom. The SMILES string of the molecule is Cc1cccc2nc(CN(C)C(C)Cc3ccc(O)cc3)cc(=O)n12. The summed E-state index contributed by atoms with van der Waals surface area (Å²) >= 11 is 0. The van der Waals surface area contributed by atoms with Gasteiger partial charge in [-0.3, -0.25) is 14.1 Å². The Morgan fingerprint density at radius 2 is 1.92 bits per heavy atom. The van der Waals surface area contributed by atoms with Gasteiger partial charge >= 0.3 is 0 Å². The number of aromatic nitrogens is 2. The van der Waals surface area contributed by atoms with Crippen LogP contribution in [-0.4, -0.2) is 32.5 Å². The Hall–Kier alpha value is -2.66. The number of aromatic hydroxyl groups is 1. The number of pyridine rings is 1. The van der Waals surface area contributed by atoms with Crippen LogP contribution in [0.2, 0.25) is 0 Å². The number of hydrogen-bond acceptors (Lipinski definition) is 4. The van der Waals surface area contributed by atoms with Gasteiger partial charge in [-0.1, -0.05) is 18.2 Å². The largest absolute Gasteiger partial charge is 0.508 e. The summed E-state index contributed by atoms with van der Waals surface area (Å²) in [5.41, 5.74) is 3.46. The molecule has 130 valence electrons. The first kappa shape index (κ1) is 17.2. The molecule has 0 saturated carbocycles. The average molecular weight is 337 g/mol. The second kappa shape index (κ2) is 7.07. The summed E-state index contributed by atoms with van der Waals surface area (Å²) in [7, 11) is 2.03. The molecule has 0 radical (unpaired) electrons. The fourth-order valence-corrected chi connectivity index (χ4v) is 2.99.